The van der Waals surface area contributed by atoms with Gasteiger partial charge in [0, 0.05) is 25.2 Å². The van der Waals surface area contributed by atoms with E-state index in [-0.39, 0.29) is 0 Å². The predicted molar refractivity (Wildman–Crippen MR) is 85.1 cm³/mol. The number of piperidine rings is 1. The summed E-state index contributed by atoms with van der Waals surface area (Å²) in [6, 6.07) is 0. The third-order valence-electron chi connectivity index (χ3n) is 5.73. The van der Waals surface area contributed by atoms with Gasteiger partial charge in [0.2, 0.25) is 0 Å². The lowest BCUT2D eigenvalue weighted by atomic mass is 9.81. The van der Waals surface area contributed by atoms with Gasteiger partial charge in [-0.25, -0.2) is 0 Å². The summed E-state index contributed by atoms with van der Waals surface area (Å²) in [5.41, 5.74) is 0.468. The van der Waals surface area contributed by atoms with Crippen molar-refractivity contribution in [3.8, 4) is 0 Å². The first-order chi connectivity index (χ1) is 9.76. The van der Waals surface area contributed by atoms with Crippen molar-refractivity contribution in [2.24, 2.45) is 5.92 Å². The Labute approximate surface area is 125 Å². The average molecular weight is 279 g/mol. The maximum Gasteiger partial charge on any atom is 0.0308 e. The Bertz CT molecular complexity index is 299. The lowest BCUT2D eigenvalue weighted by Crippen LogP contribution is -2.53. The molecule has 3 nitrogen and oxygen atoms in total. The van der Waals surface area contributed by atoms with E-state index in [0.29, 0.717) is 5.54 Å². The zero-order chi connectivity index (χ0) is 13.8. The molecule has 3 aliphatic rings. The minimum Gasteiger partial charge on any atom is -0.310 e. The van der Waals surface area contributed by atoms with Gasteiger partial charge in [-0.05, 0) is 64.7 Å². The summed E-state index contributed by atoms with van der Waals surface area (Å²) < 4.78 is 0. The summed E-state index contributed by atoms with van der Waals surface area (Å²) in [5, 5.41) is 3.92. The summed E-state index contributed by atoms with van der Waals surface area (Å²) in [6.45, 7) is 7.83. The van der Waals surface area contributed by atoms with Crippen LogP contribution in [0.3, 0.4) is 0 Å². The number of likely N-dealkylation sites (tertiary alicyclic amines) is 1. The van der Waals surface area contributed by atoms with Gasteiger partial charge >= 0.3 is 0 Å². The van der Waals surface area contributed by atoms with Crippen molar-refractivity contribution in [3.63, 3.8) is 0 Å². The molecule has 0 bridgehead atoms. The van der Waals surface area contributed by atoms with E-state index in [4.69, 9.17) is 0 Å². The Morgan fingerprint density at radius 3 is 2.70 bits per heavy atom. The molecule has 0 radical (unpaired) electrons. The summed E-state index contributed by atoms with van der Waals surface area (Å²) in [4.78, 5) is 5.33. The fourth-order valence-corrected chi connectivity index (χ4v) is 4.73. The second-order valence-electron chi connectivity index (χ2n) is 7.63. The number of hydrogen-bond acceptors (Lipinski definition) is 3. The molecule has 3 fully saturated rings. The number of rotatable bonds is 2. The fourth-order valence-electron chi connectivity index (χ4n) is 4.73. The molecule has 1 atom stereocenters. The van der Waals surface area contributed by atoms with E-state index in [1.54, 1.807) is 0 Å². The molecule has 20 heavy (non-hydrogen) atoms. The van der Waals surface area contributed by atoms with Crippen LogP contribution in [0.4, 0.5) is 0 Å². The van der Waals surface area contributed by atoms with Crippen LogP contribution in [0.1, 0.15) is 51.4 Å². The van der Waals surface area contributed by atoms with E-state index < -0.39 is 0 Å². The average Bonchev–Trinajstić information content (AvgIpc) is 2.62. The highest BCUT2D eigenvalue weighted by Gasteiger charge is 2.35. The molecule has 0 amide bonds. The third-order valence-corrected chi connectivity index (χ3v) is 5.73. The number of hydrogen-bond donors (Lipinski definition) is 1. The van der Waals surface area contributed by atoms with Gasteiger partial charge in [-0.2, -0.15) is 0 Å². The van der Waals surface area contributed by atoms with Gasteiger partial charge in [0.25, 0.3) is 0 Å². The highest BCUT2D eigenvalue weighted by molar-refractivity contribution is 4.95. The van der Waals surface area contributed by atoms with Crippen LogP contribution in [-0.4, -0.2) is 61.7 Å². The van der Waals surface area contributed by atoms with Gasteiger partial charge in [0.05, 0.1) is 0 Å². The van der Waals surface area contributed by atoms with Crippen molar-refractivity contribution in [2.45, 2.75) is 56.9 Å². The van der Waals surface area contributed by atoms with Crippen LogP contribution in [0.15, 0.2) is 0 Å². The Hall–Kier alpha value is -0.120. The molecular formula is C17H33N3. The van der Waals surface area contributed by atoms with E-state index in [9.17, 15) is 0 Å². The number of nitrogens with one attached hydrogen (secondary N) is 1. The van der Waals surface area contributed by atoms with Gasteiger partial charge in [0.15, 0.2) is 0 Å². The molecule has 0 aromatic heterocycles. The molecule has 2 aliphatic heterocycles. The Balaban J connectivity index is 1.57. The van der Waals surface area contributed by atoms with E-state index in [1.807, 2.05) is 0 Å². The van der Waals surface area contributed by atoms with Crippen LogP contribution in [0.25, 0.3) is 0 Å². The van der Waals surface area contributed by atoms with Crippen molar-refractivity contribution < 1.29 is 0 Å². The first kappa shape index (κ1) is 14.8. The Morgan fingerprint density at radius 2 is 1.90 bits per heavy atom. The van der Waals surface area contributed by atoms with Gasteiger partial charge in [-0.3, -0.25) is 0 Å². The van der Waals surface area contributed by atoms with Crippen molar-refractivity contribution in [3.05, 3.63) is 0 Å². The molecule has 1 N–H and O–H groups in total. The Morgan fingerprint density at radius 1 is 1.05 bits per heavy atom. The van der Waals surface area contributed by atoms with Crippen molar-refractivity contribution in [1.82, 2.24) is 15.1 Å². The van der Waals surface area contributed by atoms with Crippen molar-refractivity contribution >= 4 is 0 Å². The minimum absolute atomic E-state index is 0.468. The smallest absolute Gasteiger partial charge is 0.0308 e. The predicted octanol–water partition coefficient (Wildman–Crippen LogP) is 2.33. The van der Waals surface area contributed by atoms with Gasteiger partial charge in [-0.15, -0.1) is 0 Å². The molecule has 2 saturated heterocycles. The van der Waals surface area contributed by atoms with Crippen molar-refractivity contribution in [1.29, 1.82) is 0 Å². The molecule has 1 unspecified atom stereocenters. The van der Waals surface area contributed by atoms with Gasteiger partial charge in [0.1, 0.15) is 0 Å². The molecular weight excluding hydrogens is 246 g/mol. The van der Waals surface area contributed by atoms with Crippen LogP contribution in [-0.2, 0) is 0 Å². The maximum atomic E-state index is 3.92. The summed E-state index contributed by atoms with van der Waals surface area (Å²) >= 11 is 0. The van der Waals surface area contributed by atoms with Crippen LogP contribution in [0.2, 0.25) is 0 Å². The summed E-state index contributed by atoms with van der Waals surface area (Å²) in [6.07, 6.45) is 11.3. The lowest BCUT2D eigenvalue weighted by molar-refractivity contribution is 0.119. The highest BCUT2D eigenvalue weighted by Crippen LogP contribution is 2.31. The highest BCUT2D eigenvalue weighted by atomic mass is 15.2. The molecule has 3 heteroatoms. The molecule has 2 heterocycles. The summed E-state index contributed by atoms with van der Waals surface area (Å²) in [5.74, 6) is 0.910. The maximum absolute atomic E-state index is 3.92. The van der Waals surface area contributed by atoms with E-state index >= 15 is 0 Å². The topological polar surface area (TPSA) is 18.5 Å². The number of nitrogens with zero attached hydrogens (tertiary/aromatic N) is 2. The van der Waals surface area contributed by atoms with Crippen LogP contribution >= 0.6 is 0 Å². The lowest BCUT2D eigenvalue weighted by Gasteiger charge is -2.41. The third kappa shape index (κ3) is 3.75. The monoisotopic (exact) mass is 279 g/mol. The van der Waals surface area contributed by atoms with E-state index in [0.717, 1.165) is 5.92 Å². The van der Waals surface area contributed by atoms with Gasteiger partial charge < -0.3 is 15.1 Å². The first-order valence-electron chi connectivity index (χ1n) is 8.92. The van der Waals surface area contributed by atoms with Crippen LogP contribution < -0.4 is 5.32 Å². The molecule has 0 aromatic rings. The van der Waals surface area contributed by atoms with E-state index in [2.05, 4.69) is 22.2 Å². The van der Waals surface area contributed by atoms with Crippen molar-refractivity contribution in [2.75, 3.05) is 46.3 Å². The van der Waals surface area contributed by atoms with Gasteiger partial charge in [-0.1, -0.05) is 19.3 Å². The van der Waals surface area contributed by atoms with E-state index in [1.165, 1.54) is 90.6 Å². The molecule has 1 aliphatic carbocycles. The largest absolute Gasteiger partial charge is 0.310 e. The molecule has 116 valence electrons. The molecule has 3 rings (SSSR count). The SMILES string of the molecule is CN1CCCC(CN2CCCNC3(CCCCC3)C2)C1. The second kappa shape index (κ2) is 6.76. The normalized spacial score (nSPS) is 33.1. The Kier molecular flexibility index (Phi) is 5.00. The van der Waals surface area contributed by atoms with Crippen LogP contribution in [0, 0.1) is 5.92 Å². The molecule has 1 spiro atoms. The zero-order valence-electron chi connectivity index (χ0n) is 13.4. The van der Waals surface area contributed by atoms with Crippen LogP contribution in [0.5, 0.6) is 0 Å². The second-order valence-corrected chi connectivity index (χ2v) is 7.63. The summed E-state index contributed by atoms with van der Waals surface area (Å²) in [7, 11) is 2.29. The standard InChI is InChI=1S/C17H33N3/c1-19-11-5-7-16(13-19)14-20-12-6-10-18-17(15-20)8-3-2-4-9-17/h16,18H,2-15H2,1H3. The quantitative estimate of drug-likeness (QED) is 0.837. The minimum atomic E-state index is 0.468. The first-order valence-corrected chi connectivity index (χ1v) is 8.92. The fraction of sp³-hybridized carbons (Fsp3) is 1.00. The molecule has 1 saturated carbocycles. The zero-order valence-corrected chi connectivity index (χ0v) is 13.4. The molecule has 0 aromatic carbocycles.